The highest BCUT2D eigenvalue weighted by Gasteiger charge is 2.19. The summed E-state index contributed by atoms with van der Waals surface area (Å²) >= 11 is 1.99. The molecule has 2 heteroatoms. The van der Waals surface area contributed by atoms with E-state index in [-0.39, 0.29) is 6.10 Å². The lowest BCUT2D eigenvalue weighted by molar-refractivity contribution is 0.165. The van der Waals surface area contributed by atoms with Crippen LogP contribution in [0.1, 0.15) is 57.8 Å². The van der Waals surface area contributed by atoms with Crippen LogP contribution >= 0.6 is 11.8 Å². The third-order valence-electron chi connectivity index (χ3n) is 4.22. The zero-order chi connectivity index (χ0) is 11.2. The topological polar surface area (TPSA) is 20.2 Å². The second kappa shape index (κ2) is 6.90. The van der Waals surface area contributed by atoms with Crippen molar-refractivity contribution >= 4 is 11.8 Å². The molecular formula is C14H26OS. The molecule has 2 fully saturated rings. The van der Waals surface area contributed by atoms with E-state index in [0.29, 0.717) is 0 Å². The van der Waals surface area contributed by atoms with Crippen molar-refractivity contribution in [3.63, 3.8) is 0 Å². The predicted octanol–water partition coefficient (Wildman–Crippen LogP) is 3.85. The molecular weight excluding hydrogens is 216 g/mol. The van der Waals surface area contributed by atoms with Crippen molar-refractivity contribution in [2.24, 2.45) is 11.8 Å². The Morgan fingerprint density at radius 3 is 2.12 bits per heavy atom. The first-order chi connectivity index (χ1) is 7.84. The molecule has 0 aliphatic heterocycles. The molecule has 1 atom stereocenters. The van der Waals surface area contributed by atoms with E-state index in [4.69, 9.17) is 0 Å². The van der Waals surface area contributed by atoms with Crippen LogP contribution in [0.25, 0.3) is 0 Å². The number of aliphatic hydroxyl groups is 1. The normalized spacial score (nSPS) is 25.3. The maximum absolute atomic E-state index is 9.96. The molecule has 94 valence electrons. The van der Waals surface area contributed by atoms with Gasteiger partial charge in [-0.05, 0) is 36.9 Å². The zero-order valence-electron chi connectivity index (χ0n) is 10.4. The lowest BCUT2D eigenvalue weighted by atomic mass is 10.0. The average molecular weight is 242 g/mol. The first kappa shape index (κ1) is 12.8. The van der Waals surface area contributed by atoms with Gasteiger partial charge in [0, 0.05) is 5.75 Å². The molecule has 16 heavy (non-hydrogen) atoms. The molecule has 1 unspecified atom stereocenters. The van der Waals surface area contributed by atoms with Gasteiger partial charge in [0.25, 0.3) is 0 Å². The third-order valence-corrected chi connectivity index (χ3v) is 5.55. The van der Waals surface area contributed by atoms with E-state index in [2.05, 4.69) is 0 Å². The van der Waals surface area contributed by atoms with Gasteiger partial charge in [-0.1, -0.05) is 38.5 Å². The third kappa shape index (κ3) is 4.29. The smallest absolute Gasteiger partial charge is 0.0633 e. The SMILES string of the molecule is OC(CSCC1CCCC1)CC1CCCC1. The van der Waals surface area contributed by atoms with Crippen molar-refractivity contribution in [2.45, 2.75) is 63.9 Å². The van der Waals surface area contributed by atoms with Crippen molar-refractivity contribution in [3.05, 3.63) is 0 Å². The molecule has 0 aromatic rings. The fourth-order valence-corrected chi connectivity index (χ4v) is 4.46. The Morgan fingerprint density at radius 2 is 1.50 bits per heavy atom. The number of rotatable bonds is 6. The monoisotopic (exact) mass is 242 g/mol. The van der Waals surface area contributed by atoms with Crippen molar-refractivity contribution in [2.75, 3.05) is 11.5 Å². The molecule has 0 bridgehead atoms. The summed E-state index contributed by atoms with van der Waals surface area (Å²) in [5, 5.41) is 9.96. The highest BCUT2D eigenvalue weighted by atomic mass is 32.2. The van der Waals surface area contributed by atoms with Gasteiger partial charge in [-0.15, -0.1) is 0 Å². The molecule has 2 saturated carbocycles. The molecule has 0 heterocycles. The minimum absolute atomic E-state index is 0.0329. The van der Waals surface area contributed by atoms with Crippen molar-refractivity contribution in [1.29, 1.82) is 0 Å². The van der Waals surface area contributed by atoms with Gasteiger partial charge in [-0.2, -0.15) is 11.8 Å². The van der Waals surface area contributed by atoms with Crippen LogP contribution in [-0.4, -0.2) is 22.7 Å². The Morgan fingerprint density at radius 1 is 0.938 bits per heavy atom. The minimum Gasteiger partial charge on any atom is -0.392 e. The Balaban J connectivity index is 1.51. The van der Waals surface area contributed by atoms with E-state index in [1.807, 2.05) is 11.8 Å². The van der Waals surface area contributed by atoms with E-state index >= 15 is 0 Å². The zero-order valence-corrected chi connectivity index (χ0v) is 11.2. The van der Waals surface area contributed by atoms with Crippen LogP contribution in [0.3, 0.4) is 0 Å². The summed E-state index contributed by atoms with van der Waals surface area (Å²) in [7, 11) is 0. The van der Waals surface area contributed by atoms with Crippen molar-refractivity contribution in [1.82, 2.24) is 0 Å². The van der Waals surface area contributed by atoms with E-state index in [9.17, 15) is 5.11 Å². The molecule has 0 radical (unpaired) electrons. The maximum atomic E-state index is 9.96. The van der Waals surface area contributed by atoms with Crippen molar-refractivity contribution < 1.29 is 5.11 Å². The second-order valence-electron chi connectivity index (χ2n) is 5.73. The van der Waals surface area contributed by atoms with Crippen LogP contribution in [0, 0.1) is 11.8 Å². The Kier molecular flexibility index (Phi) is 5.51. The number of hydrogen-bond donors (Lipinski definition) is 1. The minimum atomic E-state index is -0.0329. The molecule has 1 N–H and O–H groups in total. The van der Waals surface area contributed by atoms with Crippen LogP contribution in [0.4, 0.5) is 0 Å². The first-order valence-electron chi connectivity index (χ1n) is 7.10. The molecule has 0 aromatic carbocycles. The fourth-order valence-electron chi connectivity index (χ4n) is 3.25. The molecule has 0 aromatic heterocycles. The summed E-state index contributed by atoms with van der Waals surface area (Å²) < 4.78 is 0. The molecule has 2 aliphatic rings. The van der Waals surface area contributed by atoms with Crippen LogP contribution in [0.2, 0.25) is 0 Å². The Labute approximate surface area is 104 Å². The summed E-state index contributed by atoms with van der Waals surface area (Å²) in [5.74, 6) is 4.07. The molecule has 0 spiro atoms. The maximum Gasteiger partial charge on any atom is 0.0633 e. The second-order valence-corrected chi connectivity index (χ2v) is 6.80. The first-order valence-corrected chi connectivity index (χ1v) is 8.26. The summed E-state index contributed by atoms with van der Waals surface area (Å²) in [5.41, 5.74) is 0. The Bertz CT molecular complexity index is 183. The number of thioether (sulfide) groups is 1. The van der Waals surface area contributed by atoms with Gasteiger partial charge in [-0.3, -0.25) is 0 Å². The highest BCUT2D eigenvalue weighted by molar-refractivity contribution is 7.99. The van der Waals surface area contributed by atoms with E-state index < -0.39 is 0 Å². The summed E-state index contributed by atoms with van der Waals surface area (Å²) in [6.07, 6.45) is 12.3. The van der Waals surface area contributed by atoms with Gasteiger partial charge in [0.05, 0.1) is 6.10 Å². The van der Waals surface area contributed by atoms with E-state index in [0.717, 1.165) is 24.0 Å². The molecule has 0 amide bonds. The highest BCUT2D eigenvalue weighted by Crippen LogP contribution is 2.31. The van der Waals surface area contributed by atoms with Gasteiger partial charge in [0.15, 0.2) is 0 Å². The van der Waals surface area contributed by atoms with Crippen LogP contribution in [-0.2, 0) is 0 Å². The van der Waals surface area contributed by atoms with Gasteiger partial charge >= 0.3 is 0 Å². The van der Waals surface area contributed by atoms with Gasteiger partial charge in [-0.25, -0.2) is 0 Å². The lowest BCUT2D eigenvalue weighted by Gasteiger charge is -2.16. The molecule has 1 nitrogen and oxygen atoms in total. The van der Waals surface area contributed by atoms with Crippen LogP contribution < -0.4 is 0 Å². The number of aliphatic hydroxyl groups excluding tert-OH is 1. The summed E-state index contributed by atoms with van der Waals surface area (Å²) in [6, 6.07) is 0. The van der Waals surface area contributed by atoms with Gasteiger partial charge in [0.1, 0.15) is 0 Å². The standard InChI is InChI=1S/C14H26OS/c15-14(9-12-5-1-2-6-12)11-16-10-13-7-3-4-8-13/h12-15H,1-11H2. The fraction of sp³-hybridized carbons (Fsp3) is 1.00. The molecule has 2 aliphatic carbocycles. The van der Waals surface area contributed by atoms with Crippen LogP contribution in [0.15, 0.2) is 0 Å². The van der Waals surface area contributed by atoms with Crippen LogP contribution in [0.5, 0.6) is 0 Å². The molecule has 0 saturated heterocycles. The van der Waals surface area contributed by atoms with E-state index in [1.165, 1.54) is 57.1 Å². The predicted molar refractivity (Wildman–Crippen MR) is 71.9 cm³/mol. The molecule has 2 rings (SSSR count). The number of hydrogen-bond acceptors (Lipinski definition) is 2. The average Bonchev–Trinajstić information content (AvgIpc) is 2.90. The largest absolute Gasteiger partial charge is 0.392 e. The van der Waals surface area contributed by atoms with E-state index in [1.54, 1.807) is 0 Å². The Hall–Kier alpha value is 0.310. The van der Waals surface area contributed by atoms with Gasteiger partial charge < -0.3 is 5.11 Å². The van der Waals surface area contributed by atoms with Crippen molar-refractivity contribution in [3.8, 4) is 0 Å². The quantitative estimate of drug-likeness (QED) is 0.763. The summed E-state index contributed by atoms with van der Waals surface area (Å²) in [4.78, 5) is 0. The van der Waals surface area contributed by atoms with Gasteiger partial charge in [0.2, 0.25) is 0 Å². The lowest BCUT2D eigenvalue weighted by Crippen LogP contribution is -2.15. The summed E-state index contributed by atoms with van der Waals surface area (Å²) in [6.45, 7) is 0.